The summed E-state index contributed by atoms with van der Waals surface area (Å²) in [4.78, 5) is 14.4. The van der Waals surface area contributed by atoms with Gasteiger partial charge in [-0.2, -0.15) is 0 Å². The Kier molecular flexibility index (Phi) is 5.81. The lowest BCUT2D eigenvalue weighted by molar-refractivity contribution is -0.137. The Morgan fingerprint density at radius 2 is 2.25 bits per heavy atom. The minimum atomic E-state index is 0.175. The van der Waals surface area contributed by atoms with Crippen LogP contribution >= 0.6 is 0 Å². The van der Waals surface area contributed by atoms with Crippen LogP contribution in [0.1, 0.15) is 46.5 Å². The van der Waals surface area contributed by atoms with Gasteiger partial charge in [-0.05, 0) is 32.2 Å². The van der Waals surface area contributed by atoms with E-state index in [1.807, 2.05) is 6.92 Å². The highest BCUT2D eigenvalue weighted by Gasteiger charge is 2.26. The van der Waals surface area contributed by atoms with E-state index in [1.54, 1.807) is 0 Å². The van der Waals surface area contributed by atoms with Crippen LogP contribution in [0.15, 0.2) is 0 Å². The van der Waals surface area contributed by atoms with E-state index >= 15 is 0 Å². The smallest absolute Gasteiger partial charge is 0.225 e. The third-order valence-corrected chi connectivity index (χ3v) is 3.49. The lowest BCUT2D eigenvalue weighted by Gasteiger charge is -2.36. The van der Waals surface area contributed by atoms with Gasteiger partial charge in [0.25, 0.3) is 0 Å². The summed E-state index contributed by atoms with van der Waals surface area (Å²) in [6, 6.07) is 0.426. The Balaban J connectivity index is 2.60. The van der Waals surface area contributed by atoms with Crippen LogP contribution in [0.5, 0.6) is 0 Å². The molecule has 0 bridgehead atoms. The molecule has 94 valence electrons. The average molecular weight is 226 g/mol. The maximum Gasteiger partial charge on any atom is 0.225 e. The molecule has 0 spiro atoms. The Bertz CT molecular complexity index is 212. The fraction of sp³-hybridized carbons (Fsp3) is 0.923. The van der Waals surface area contributed by atoms with Crippen molar-refractivity contribution < 1.29 is 4.79 Å². The molecule has 3 heteroatoms. The van der Waals surface area contributed by atoms with Gasteiger partial charge >= 0.3 is 0 Å². The second-order valence-electron chi connectivity index (χ2n) is 4.84. The van der Waals surface area contributed by atoms with Crippen molar-refractivity contribution in [2.45, 2.75) is 52.5 Å². The SMILES string of the molecule is CCCN(C(=O)C(C)CC)C1CCCNC1. The molecule has 16 heavy (non-hydrogen) atoms. The molecule has 1 fully saturated rings. The minimum Gasteiger partial charge on any atom is -0.338 e. The van der Waals surface area contributed by atoms with Crippen LogP contribution in [0, 0.1) is 5.92 Å². The highest BCUT2D eigenvalue weighted by molar-refractivity contribution is 5.78. The van der Waals surface area contributed by atoms with E-state index in [2.05, 4.69) is 24.1 Å². The normalized spacial score (nSPS) is 22.8. The van der Waals surface area contributed by atoms with Gasteiger partial charge in [-0.3, -0.25) is 4.79 Å². The molecule has 1 aliphatic rings. The first kappa shape index (κ1) is 13.5. The predicted octanol–water partition coefficient (Wildman–Crippen LogP) is 2.02. The van der Waals surface area contributed by atoms with Crippen LogP contribution in [0.4, 0.5) is 0 Å². The fourth-order valence-corrected chi connectivity index (χ4v) is 2.27. The minimum absolute atomic E-state index is 0.175. The van der Waals surface area contributed by atoms with Crippen LogP contribution in [0.2, 0.25) is 0 Å². The first-order valence-corrected chi connectivity index (χ1v) is 6.71. The number of carbonyl (C=O) groups excluding carboxylic acids is 1. The third-order valence-electron chi connectivity index (χ3n) is 3.49. The number of nitrogens with zero attached hydrogens (tertiary/aromatic N) is 1. The lowest BCUT2D eigenvalue weighted by Crippen LogP contribution is -2.50. The molecule has 1 saturated heterocycles. The van der Waals surface area contributed by atoms with Gasteiger partial charge in [0.05, 0.1) is 0 Å². The summed E-state index contributed by atoms with van der Waals surface area (Å²) in [5.74, 6) is 0.520. The molecule has 2 atom stereocenters. The summed E-state index contributed by atoms with van der Waals surface area (Å²) in [6.07, 6.45) is 4.35. The van der Waals surface area contributed by atoms with Crippen LogP contribution in [0.25, 0.3) is 0 Å². The highest BCUT2D eigenvalue weighted by atomic mass is 16.2. The molecule has 0 radical (unpaired) electrons. The largest absolute Gasteiger partial charge is 0.338 e. The Morgan fingerprint density at radius 1 is 1.50 bits per heavy atom. The summed E-state index contributed by atoms with van der Waals surface area (Å²) < 4.78 is 0. The third kappa shape index (κ3) is 3.48. The van der Waals surface area contributed by atoms with E-state index in [9.17, 15) is 4.79 Å². The van der Waals surface area contributed by atoms with Gasteiger partial charge in [-0.25, -0.2) is 0 Å². The first-order chi connectivity index (χ1) is 7.70. The molecule has 1 rings (SSSR count). The summed E-state index contributed by atoms with van der Waals surface area (Å²) in [5, 5.41) is 3.39. The molecule has 2 unspecified atom stereocenters. The van der Waals surface area contributed by atoms with Gasteiger partial charge in [0, 0.05) is 25.0 Å². The molecule has 0 aromatic carbocycles. The molecule has 0 aromatic heterocycles. The predicted molar refractivity (Wildman–Crippen MR) is 67.4 cm³/mol. The number of nitrogens with one attached hydrogen (secondary N) is 1. The van der Waals surface area contributed by atoms with Crippen molar-refractivity contribution in [2.24, 2.45) is 5.92 Å². The zero-order valence-electron chi connectivity index (χ0n) is 11.0. The van der Waals surface area contributed by atoms with Crippen molar-refractivity contribution in [3.63, 3.8) is 0 Å². The van der Waals surface area contributed by atoms with Crippen molar-refractivity contribution in [1.29, 1.82) is 0 Å². The number of hydrogen-bond donors (Lipinski definition) is 1. The van der Waals surface area contributed by atoms with Crippen molar-refractivity contribution in [3.05, 3.63) is 0 Å². The van der Waals surface area contributed by atoms with Crippen LogP contribution < -0.4 is 5.32 Å². The van der Waals surface area contributed by atoms with Crippen LogP contribution in [0.3, 0.4) is 0 Å². The number of hydrogen-bond acceptors (Lipinski definition) is 2. The Morgan fingerprint density at radius 3 is 2.75 bits per heavy atom. The van der Waals surface area contributed by atoms with Gasteiger partial charge in [0.15, 0.2) is 0 Å². The second-order valence-corrected chi connectivity index (χ2v) is 4.84. The second kappa shape index (κ2) is 6.89. The van der Waals surface area contributed by atoms with Gasteiger partial charge in [-0.1, -0.05) is 20.8 Å². The molecule has 0 saturated carbocycles. The first-order valence-electron chi connectivity index (χ1n) is 6.71. The molecule has 1 N–H and O–H groups in total. The topological polar surface area (TPSA) is 32.3 Å². The van der Waals surface area contributed by atoms with Gasteiger partial charge < -0.3 is 10.2 Å². The van der Waals surface area contributed by atoms with Crippen LogP contribution in [-0.4, -0.2) is 36.5 Å². The van der Waals surface area contributed by atoms with Gasteiger partial charge in [-0.15, -0.1) is 0 Å². The van der Waals surface area contributed by atoms with Crippen molar-refractivity contribution >= 4 is 5.91 Å². The maximum absolute atomic E-state index is 12.3. The van der Waals surface area contributed by atoms with E-state index in [-0.39, 0.29) is 5.92 Å². The fourth-order valence-electron chi connectivity index (χ4n) is 2.27. The molecule has 1 heterocycles. The standard InChI is InChI=1S/C13H26N2O/c1-4-9-15(13(16)11(3)5-2)12-7-6-8-14-10-12/h11-12,14H,4-10H2,1-3H3. The molecular weight excluding hydrogens is 200 g/mol. The number of amides is 1. The highest BCUT2D eigenvalue weighted by Crippen LogP contribution is 2.15. The number of carbonyl (C=O) groups is 1. The van der Waals surface area contributed by atoms with Crippen molar-refractivity contribution in [1.82, 2.24) is 10.2 Å². The molecule has 1 amide bonds. The van der Waals surface area contributed by atoms with Crippen molar-refractivity contribution in [2.75, 3.05) is 19.6 Å². The zero-order valence-corrected chi connectivity index (χ0v) is 11.0. The van der Waals surface area contributed by atoms with Gasteiger partial charge in [0.2, 0.25) is 5.91 Å². The van der Waals surface area contributed by atoms with E-state index < -0.39 is 0 Å². The lowest BCUT2D eigenvalue weighted by atomic mass is 10.0. The monoisotopic (exact) mass is 226 g/mol. The molecule has 0 aliphatic carbocycles. The van der Waals surface area contributed by atoms with E-state index in [0.29, 0.717) is 11.9 Å². The summed E-state index contributed by atoms with van der Waals surface area (Å²) in [5.41, 5.74) is 0. The summed E-state index contributed by atoms with van der Waals surface area (Å²) >= 11 is 0. The van der Waals surface area contributed by atoms with Gasteiger partial charge in [0.1, 0.15) is 0 Å². The number of piperidine rings is 1. The summed E-state index contributed by atoms with van der Waals surface area (Å²) in [7, 11) is 0. The molecule has 3 nitrogen and oxygen atoms in total. The Hall–Kier alpha value is -0.570. The summed E-state index contributed by atoms with van der Waals surface area (Å²) in [6.45, 7) is 9.27. The molecule has 0 aromatic rings. The maximum atomic E-state index is 12.3. The van der Waals surface area contributed by atoms with E-state index in [4.69, 9.17) is 0 Å². The Labute approximate surface area is 99.6 Å². The van der Waals surface area contributed by atoms with E-state index in [0.717, 1.165) is 38.9 Å². The molecular formula is C13H26N2O. The van der Waals surface area contributed by atoms with E-state index in [1.165, 1.54) is 6.42 Å². The van der Waals surface area contributed by atoms with Crippen LogP contribution in [-0.2, 0) is 4.79 Å². The zero-order chi connectivity index (χ0) is 12.0. The van der Waals surface area contributed by atoms with Crippen molar-refractivity contribution in [3.8, 4) is 0 Å². The average Bonchev–Trinajstić information content (AvgIpc) is 2.35. The number of rotatable bonds is 5. The molecule has 1 aliphatic heterocycles. The quantitative estimate of drug-likeness (QED) is 0.778.